The summed E-state index contributed by atoms with van der Waals surface area (Å²) in [6.07, 6.45) is 3.71. The molecule has 3 atom stereocenters. The molecule has 0 spiro atoms. The van der Waals surface area contributed by atoms with Crippen molar-refractivity contribution in [3.05, 3.63) is 39.6 Å². The van der Waals surface area contributed by atoms with E-state index in [-0.39, 0.29) is 6.04 Å². The first kappa shape index (κ1) is 16.6. The largest absolute Gasteiger partial charge is 0.497 e. The van der Waals surface area contributed by atoms with Gasteiger partial charge in [0.2, 0.25) is 0 Å². The molecule has 0 amide bonds. The molecule has 0 radical (unpaired) electrons. The second-order valence-corrected chi connectivity index (χ2v) is 9.29. The Labute approximate surface area is 157 Å². The summed E-state index contributed by atoms with van der Waals surface area (Å²) in [5.74, 6) is 3.93. The Morgan fingerprint density at radius 3 is 2.50 bits per heavy atom. The SMILES string of the molecule is COc1ccc([C@@H]2NC(=S)N[C@H]3C(=C4SCCS4)CCC[C@@H]32)cc1. The lowest BCUT2D eigenvalue weighted by Gasteiger charge is -2.45. The van der Waals surface area contributed by atoms with Crippen LogP contribution in [0.25, 0.3) is 0 Å². The molecule has 2 heterocycles. The third-order valence-electron chi connectivity index (χ3n) is 5.08. The van der Waals surface area contributed by atoms with Crippen LogP contribution in [-0.4, -0.2) is 29.8 Å². The Morgan fingerprint density at radius 2 is 1.79 bits per heavy atom. The normalized spacial score (nSPS) is 29.7. The molecule has 1 saturated carbocycles. The molecule has 4 rings (SSSR count). The third-order valence-corrected chi connectivity index (χ3v) is 8.14. The van der Waals surface area contributed by atoms with E-state index in [1.165, 1.54) is 36.3 Å². The average Bonchev–Trinajstić information content (AvgIpc) is 3.15. The van der Waals surface area contributed by atoms with E-state index >= 15 is 0 Å². The number of hydrogen-bond donors (Lipinski definition) is 2. The number of methoxy groups -OCH3 is 1. The summed E-state index contributed by atoms with van der Waals surface area (Å²) in [4.78, 5) is 0. The zero-order chi connectivity index (χ0) is 16.5. The Hall–Kier alpha value is -0.850. The van der Waals surface area contributed by atoms with Gasteiger partial charge in [-0.2, -0.15) is 0 Å². The Kier molecular flexibility index (Phi) is 4.97. The van der Waals surface area contributed by atoms with Gasteiger partial charge in [0, 0.05) is 21.7 Å². The highest BCUT2D eigenvalue weighted by Crippen LogP contribution is 2.47. The second-order valence-electron chi connectivity index (χ2n) is 6.41. The highest BCUT2D eigenvalue weighted by molar-refractivity contribution is 8.25. The standard InChI is InChI=1S/C18H22N2OS3/c1-21-12-7-5-11(6-8-12)15-13-3-2-4-14(17-23-9-10-24-17)16(13)20-18(22)19-15/h5-8,13,15-16H,2-4,9-10H2,1H3,(H2,19,20,22)/t13-,15+,16-/m1/s1. The molecule has 3 aliphatic rings. The van der Waals surface area contributed by atoms with E-state index in [0.29, 0.717) is 12.0 Å². The molecular weight excluding hydrogens is 356 g/mol. The van der Waals surface area contributed by atoms with Crippen LogP contribution in [0.5, 0.6) is 5.75 Å². The van der Waals surface area contributed by atoms with E-state index in [1.54, 1.807) is 16.9 Å². The minimum atomic E-state index is 0.280. The minimum absolute atomic E-state index is 0.280. The van der Waals surface area contributed by atoms with Crippen molar-refractivity contribution in [2.24, 2.45) is 5.92 Å². The molecule has 0 unspecified atom stereocenters. The van der Waals surface area contributed by atoms with E-state index < -0.39 is 0 Å². The van der Waals surface area contributed by atoms with Gasteiger partial charge in [-0.05, 0) is 54.7 Å². The molecule has 2 saturated heterocycles. The smallest absolute Gasteiger partial charge is 0.167 e. The topological polar surface area (TPSA) is 33.3 Å². The molecule has 1 aromatic rings. The molecule has 2 N–H and O–H groups in total. The number of rotatable bonds is 2. The zero-order valence-electron chi connectivity index (χ0n) is 13.7. The van der Waals surface area contributed by atoms with Crippen molar-refractivity contribution in [1.29, 1.82) is 0 Å². The van der Waals surface area contributed by atoms with Crippen molar-refractivity contribution < 1.29 is 4.74 Å². The van der Waals surface area contributed by atoms with Crippen LogP contribution < -0.4 is 15.4 Å². The van der Waals surface area contributed by atoms with Crippen LogP contribution in [-0.2, 0) is 0 Å². The van der Waals surface area contributed by atoms with Crippen molar-refractivity contribution in [1.82, 2.24) is 10.6 Å². The van der Waals surface area contributed by atoms with Gasteiger partial charge in [-0.1, -0.05) is 12.1 Å². The van der Waals surface area contributed by atoms with Crippen LogP contribution in [0.15, 0.2) is 34.1 Å². The molecule has 24 heavy (non-hydrogen) atoms. The first-order chi connectivity index (χ1) is 11.8. The number of hydrogen-bond acceptors (Lipinski definition) is 4. The summed E-state index contributed by atoms with van der Waals surface area (Å²) in [7, 11) is 1.71. The van der Waals surface area contributed by atoms with Crippen LogP contribution in [0, 0.1) is 5.92 Å². The zero-order valence-corrected chi connectivity index (χ0v) is 16.2. The highest BCUT2D eigenvalue weighted by Gasteiger charge is 2.41. The minimum Gasteiger partial charge on any atom is -0.497 e. The van der Waals surface area contributed by atoms with Crippen molar-refractivity contribution in [2.75, 3.05) is 18.6 Å². The number of nitrogens with one attached hydrogen (secondary N) is 2. The Morgan fingerprint density at radius 1 is 1.08 bits per heavy atom. The number of benzene rings is 1. The van der Waals surface area contributed by atoms with Crippen molar-refractivity contribution in [3.63, 3.8) is 0 Å². The van der Waals surface area contributed by atoms with Crippen LogP contribution >= 0.6 is 35.7 Å². The highest BCUT2D eigenvalue weighted by atomic mass is 32.2. The molecular formula is C18H22N2OS3. The third kappa shape index (κ3) is 3.16. The summed E-state index contributed by atoms with van der Waals surface area (Å²) in [5.41, 5.74) is 2.90. The molecule has 3 nitrogen and oxygen atoms in total. The van der Waals surface area contributed by atoms with Crippen molar-refractivity contribution >= 4 is 40.9 Å². The summed E-state index contributed by atoms with van der Waals surface area (Å²) in [6, 6.07) is 9.09. The van der Waals surface area contributed by atoms with E-state index in [9.17, 15) is 0 Å². The fraction of sp³-hybridized carbons (Fsp3) is 0.500. The molecule has 0 aromatic heterocycles. The van der Waals surface area contributed by atoms with E-state index in [2.05, 4.69) is 22.8 Å². The molecule has 128 valence electrons. The monoisotopic (exact) mass is 378 g/mol. The van der Waals surface area contributed by atoms with E-state index in [0.717, 1.165) is 10.9 Å². The van der Waals surface area contributed by atoms with Gasteiger partial charge in [-0.3, -0.25) is 0 Å². The summed E-state index contributed by atoms with van der Waals surface area (Å²) in [5, 5.41) is 7.88. The molecule has 1 aromatic carbocycles. The van der Waals surface area contributed by atoms with Gasteiger partial charge >= 0.3 is 0 Å². The van der Waals surface area contributed by atoms with E-state index in [4.69, 9.17) is 17.0 Å². The second kappa shape index (κ2) is 7.18. The first-order valence-corrected chi connectivity index (χ1v) is 10.8. The lowest BCUT2D eigenvalue weighted by atomic mass is 9.74. The van der Waals surface area contributed by atoms with Gasteiger partial charge in [0.1, 0.15) is 5.75 Å². The molecule has 0 bridgehead atoms. The maximum absolute atomic E-state index is 5.54. The molecule has 3 fully saturated rings. The van der Waals surface area contributed by atoms with Crippen LogP contribution in [0.3, 0.4) is 0 Å². The summed E-state index contributed by atoms with van der Waals surface area (Å²) in [6.45, 7) is 0. The predicted molar refractivity (Wildman–Crippen MR) is 108 cm³/mol. The van der Waals surface area contributed by atoms with Crippen LogP contribution in [0.2, 0.25) is 0 Å². The lowest BCUT2D eigenvalue weighted by molar-refractivity contribution is 0.259. The number of thiocarbonyl (C=S) groups is 1. The van der Waals surface area contributed by atoms with Gasteiger partial charge in [0.05, 0.1) is 19.2 Å². The fourth-order valence-electron chi connectivity index (χ4n) is 3.96. The average molecular weight is 379 g/mol. The van der Waals surface area contributed by atoms with Gasteiger partial charge in [0.15, 0.2) is 5.11 Å². The molecule has 1 aliphatic carbocycles. The fourth-order valence-corrected chi connectivity index (χ4v) is 6.91. The van der Waals surface area contributed by atoms with Gasteiger partial charge in [-0.25, -0.2) is 0 Å². The predicted octanol–water partition coefficient (Wildman–Crippen LogP) is 4.07. The van der Waals surface area contributed by atoms with Gasteiger partial charge in [-0.15, -0.1) is 23.5 Å². The summed E-state index contributed by atoms with van der Waals surface area (Å²) < 4.78 is 6.85. The maximum Gasteiger partial charge on any atom is 0.167 e. The van der Waals surface area contributed by atoms with Crippen molar-refractivity contribution in [2.45, 2.75) is 31.3 Å². The van der Waals surface area contributed by atoms with E-state index in [1.807, 2.05) is 35.7 Å². The quantitative estimate of drug-likeness (QED) is 0.755. The van der Waals surface area contributed by atoms with Crippen molar-refractivity contribution in [3.8, 4) is 5.75 Å². The molecule has 2 aliphatic heterocycles. The maximum atomic E-state index is 5.54. The number of thioether (sulfide) groups is 2. The van der Waals surface area contributed by atoms with Gasteiger partial charge in [0.25, 0.3) is 0 Å². The Balaban J connectivity index is 1.65. The summed E-state index contributed by atoms with van der Waals surface area (Å²) >= 11 is 9.60. The molecule has 6 heteroatoms. The Bertz CT molecular complexity index is 651. The number of ether oxygens (including phenoxy) is 1. The van der Waals surface area contributed by atoms with Gasteiger partial charge < -0.3 is 15.4 Å². The lowest BCUT2D eigenvalue weighted by Crippen LogP contribution is -2.58. The van der Waals surface area contributed by atoms with Crippen LogP contribution in [0.1, 0.15) is 30.9 Å². The first-order valence-electron chi connectivity index (χ1n) is 8.46. The number of fused-ring (bicyclic) bond motifs is 1. The van der Waals surface area contributed by atoms with Crippen LogP contribution in [0.4, 0.5) is 0 Å².